The fourth-order valence-electron chi connectivity index (χ4n) is 4.16. The van der Waals surface area contributed by atoms with Crippen LogP contribution in [0.15, 0.2) is 58.6 Å². The van der Waals surface area contributed by atoms with Crippen molar-refractivity contribution in [2.45, 2.75) is 60.8 Å². The van der Waals surface area contributed by atoms with Crippen LogP contribution < -0.4 is 22.1 Å². The summed E-state index contributed by atoms with van der Waals surface area (Å²) in [5.41, 5.74) is 16.8. The average molecular weight is 571 g/mol. The van der Waals surface area contributed by atoms with Gasteiger partial charge in [0.25, 0.3) is 5.91 Å². The molecule has 0 unspecified atom stereocenters. The quantitative estimate of drug-likeness (QED) is 0.160. The second-order valence-electron chi connectivity index (χ2n) is 9.10. The number of rotatable bonds is 12. The lowest BCUT2D eigenvalue weighted by atomic mass is 9.98. The number of hydrogen-bond donors (Lipinski definition) is 4. The van der Waals surface area contributed by atoms with Crippen LogP contribution in [0.5, 0.6) is 0 Å². The van der Waals surface area contributed by atoms with Gasteiger partial charge < -0.3 is 26.8 Å². The van der Waals surface area contributed by atoms with Gasteiger partial charge in [0.1, 0.15) is 5.70 Å². The lowest BCUT2D eigenvalue weighted by molar-refractivity contribution is -0.117. The largest absolute Gasteiger partial charge is 0.400 e. The Balaban J connectivity index is 0.00000391. The number of nitrogens with two attached hydrogens (primary N) is 2. The lowest BCUT2D eigenvalue weighted by Crippen LogP contribution is -2.31. The summed E-state index contributed by atoms with van der Waals surface area (Å²) < 4.78 is 5.16. The molecule has 10 heteroatoms. The van der Waals surface area contributed by atoms with E-state index in [9.17, 15) is 9.59 Å². The van der Waals surface area contributed by atoms with E-state index in [-0.39, 0.29) is 18.2 Å². The van der Waals surface area contributed by atoms with Crippen molar-refractivity contribution >= 4 is 40.3 Å². The van der Waals surface area contributed by atoms with Crippen LogP contribution in [0.1, 0.15) is 59.6 Å². The highest BCUT2D eigenvalue weighted by atomic mass is 32.1. The molecule has 0 atom stereocenters. The number of nitrogens with one attached hydrogen (secondary N) is 2. The number of aryl methyl sites for hydroxylation is 1. The molecular formula is C30H46N6O3S. The van der Waals surface area contributed by atoms with E-state index in [0.717, 1.165) is 37.1 Å². The highest BCUT2D eigenvalue weighted by Crippen LogP contribution is 2.21. The second kappa shape index (κ2) is 18.1. The predicted octanol–water partition coefficient (Wildman–Crippen LogP) is 4.76. The molecule has 1 saturated heterocycles. The summed E-state index contributed by atoms with van der Waals surface area (Å²) in [6.45, 7) is 13.8. The predicted molar refractivity (Wildman–Crippen MR) is 169 cm³/mol. The Morgan fingerprint density at radius 2 is 1.82 bits per heavy atom. The Bertz CT molecular complexity index is 1160. The maximum atomic E-state index is 13.0. The van der Waals surface area contributed by atoms with Crippen LogP contribution in [0, 0.1) is 6.92 Å². The van der Waals surface area contributed by atoms with E-state index in [1.54, 1.807) is 32.4 Å². The molecule has 0 bridgehead atoms. The number of aromatic nitrogens is 1. The van der Waals surface area contributed by atoms with Gasteiger partial charge in [0.05, 0.1) is 36.4 Å². The molecule has 9 nitrogen and oxygen atoms in total. The topological polar surface area (TPSA) is 136 Å². The molecule has 0 spiro atoms. The number of anilines is 2. The number of carbonyl (C=O) groups is 2. The summed E-state index contributed by atoms with van der Waals surface area (Å²) in [5, 5.41) is 5.69. The third kappa shape index (κ3) is 10.7. The van der Waals surface area contributed by atoms with Gasteiger partial charge in [0, 0.05) is 23.2 Å². The molecule has 0 aliphatic carbocycles. The molecule has 2 heterocycles. The number of carbonyl (C=O) groups excluding carboxylic acids is 2. The Morgan fingerprint density at radius 1 is 1.18 bits per heavy atom. The lowest BCUT2D eigenvalue weighted by Gasteiger charge is -2.15. The van der Waals surface area contributed by atoms with Crippen LogP contribution in [0.2, 0.25) is 0 Å². The number of nitrogens with zero attached hydrogens (tertiary/aromatic N) is 2. The number of ether oxygens (including phenoxy) is 1. The van der Waals surface area contributed by atoms with E-state index < -0.39 is 5.91 Å². The van der Waals surface area contributed by atoms with Crippen LogP contribution in [0.25, 0.3) is 0 Å². The zero-order valence-electron chi connectivity index (χ0n) is 25.0. The van der Waals surface area contributed by atoms with Crippen LogP contribution in [0.3, 0.4) is 0 Å². The van der Waals surface area contributed by atoms with Gasteiger partial charge in [-0.25, -0.2) is 0 Å². The minimum Gasteiger partial charge on any atom is -0.400 e. The Morgan fingerprint density at radius 3 is 2.38 bits per heavy atom. The SMILES string of the molecule is C/C=C(\C=C/C(CC)=C(/N)C(=O)Nc1cc(NC(=O)CN2CCCC2)cnc1C)C(/C(C)=S)=C(/N)COC.CC. The van der Waals surface area contributed by atoms with Crippen LogP contribution in [0.4, 0.5) is 11.4 Å². The second-order valence-corrected chi connectivity index (χ2v) is 9.71. The molecule has 0 aromatic carbocycles. The number of allylic oxidation sites excluding steroid dienone is 6. The Kier molecular flexibility index (Phi) is 15.7. The van der Waals surface area contributed by atoms with Crippen molar-refractivity contribution in [3.63, 3.8) is 0 Å². The van der Waals surface area contributed by atoms with Crippen molar-refractivity contribution < 1.29 is 14.3 Å². The van der Waals surface area contributed by atoms with Crippen molar-refractivity contribution in [3.05, 3.63) is 64.3 Å². The fourth-order valence-corrected chi connectivity index (χ4v) is 4.41. The monoisotopic (exact) mass is 570 g/mol. The molecule has 1 aliphatic heterocycles. The zero-order chi connectivity index (χ0) is 30.2. The van der Waals surface area contributed by atoms with Gasteiger partial charge in [-0.2, -0.15) is 0 Å². The minimum absolute atomic E-state index is 0.0801. The smallest absolute Gasteiger partial charge is 0.271 e. The van der Waals surface area contributed by atoms with Gasteiger partial charge in [-0.1, -0.05) is 51.2 Å². The molecule has 1 aromatic heterocycles. The van der Waals surface area contributed by atoms with Gasteiger partial charge in [-0.3, -0.25) is 19.5 Å². The number of pyridine rings is 1. The first-order valence-corrected chi connectivity index (χ1v) is 14.1. The summed E-state index contributed by atoms with van der Waals surface area (Å²) in [7, 11) is 1.57. The van der Waals surface area contributed by atoms with Gasteiger partial charge in [-0.05, 0) is 70.3 Å². The molecule has 1 aromatic rings. The third-order valence-electron chi connectivity index (χ3n) is 6.19. The molecule has 0 saturated carbocycles. The van der Waals surface area contributed by atoms with E-state index in [4.69, 9.17) is 28.4 Å². The first-order chi connectivity index (χ1) is 19.1. The Hall–Kier alpha value is -3.34. The molecule has 40 heavy (non-hydrogen) atoms. The summed E-state index contributed by atoms with van der Waals surface area (Å²) in [6, 6.07) is 1.69. The van der Waals surface area contributed by atoms with E-state index in [2.05, 4.69) is 20.5 Å². The van der Waals surface area contributed by atoms with Crippen LogP contribution in [-0.4, -0.2) is 59.9 Å². The summed E-state index contributed by atoms with van der Waals surface area (Å²) in [5.74, 6) is -0.571. The fraction of sp³-hybridized carbons (Fsp3) is 0.467. The summed E-state index contributed by atoms with van der Waals surface area (Å²) >= 11 is 5.40. The highest BCUT2D eigenvalue weighted by molar-refractivity contribution is 7.80. The van der Waals surface area contributed by atoms with Crippen molar-refractivity contribution in [1.82, 2.24) is 9.88 Å². The molecule has 220 valence electrons. The molecule has 1 fully saturated rings. The van der Waals surface area contributed by atoms with Crippen molar-refractivity contribution in [1.29, 1.82) is 0 Å². The first-order valence-electron chi connectivity index (χ1n) is 13.7. The zero-order valence-corrected chi connectivity index (χ0v) is 25.8. The van der Waals surface area contributed by atoms with E-state index in [1.165, 1.54) is 0 Å². The number of methoxy groups -OCH3 is 1. The average Bonchev–Trinajstić information content (AvgIpc) is 3.43. The van der Waals surface area contributed by atoms with Gasteiger partial charge in [0.2, 0.25) is 5.91 Å². The van der Waals surface area contributed by atoms with Gasteiger partial charge in [0.15, 0.2) is 0 Å². The molecule has 1 aliphatic rings. The van der Waals surface area contributed by atoms with E-state index >= 15 is 0 Å². The first kappa shape index (κ1) is 34.7. The maximum absolute atomic E-state index is 13.0. The maximum Gasteiger partial charge on any atom is 0.271 e. The van der Waals surface area contributed by atoms with Crippen molar-refractivity contribution in [3.8, 4) is 0 Å². The highest BCUT2D eigenvalue weighted by Gasteiger charge is 2.17. The number of thiocarbonyl (C=S) groups is 1. The van der Waals surface area contributed by atoms with Gasteiger partial charge in [-0.15, -0.1) is 0 Å². The van der Waals surface area contributed by atoms with E-state index in [0.29, 0.717) is 46.2 Å². The molecular weight excluding hydrogens is 524 g/mol. The number of likely N-dealkylation sites (tertiary alicyclic amines) is 1. The molecule has 6 N–H and O–H groups in total. The molecule has 2 amide bonds. The van der Waals surface area contributed by atoms with E-state index in [1.807, 2.05) is 46.8 Å². The summed E-state index contributed by atoms with van der Waals surface area (Å²) in [6.07, 6.45) is 9.86. The van der Waals surface area contributed by atoms with Gasteiger partial charge >= 0.3 is 0 Å². The standard InChI is InChI=1S/C28H40N6O3S.C2H6/c1-6-20(26(19(4)38)23(29)17-37-5)10-11-21(7-2)27(30)28(36)33-24-14-22(15-31-18(24)3)32-25(35)16-34-12-8-9-13-34;1-2/h6,10-11,14-15H,7-9,12-13,16-17,29-30H2,1-5H3,(H,32,35)(H,33,36);1-2H3/b11-10-,20-6+,26-23+,27-21+;. The molecule has 2 rings (SSSR count). The number of amides is 2. The number of hydrogen-bond acceptors (Lipinski definition) is 8. The molecule has 0 radical (unpaired) electrons. The normalized spacial score (nSPS) is 15.1. The third-order valence-corrected chi connectivity index (χ3v) is 6.40. The minimum atomic E-state index is -0.459. The van der Waals surface area contributed by atoms with Crippen LogP contribution in [-0.2, 0) is 14.3 Å². The van der Waals surface area contributed by atoms with Crippen molar-refractivity contribution in [2.24, 2.45) is 11.5 Å². The summed E-state index contributed by atoms with van der Waals surface area (Å²) in [4.78, 5) is 32.5. The van der Waals surface area contributed by atoms with Crippen LogP contribution >= 0.6 is 12.2 Å². The van der Waals surface area contributed by atoms with Crippen molar-refractivity contribution in [2.75, 3.05) is 44.0 Å². The Labute approximate surface area is 244 Å².